The molecule has 1 aromatic heterocycles. The van der Waals surface area contributed by atoms with Crippen LogP contribution in [0.15, 0.2) is 42.6 Å². The molecule has 0 spiro atoms. The second kappa shape index (κ2) is 11.9. The zero-order valence-electron chi connectivity index (χ0n) is 22.5. The molecular formula is C27H40N6O3S. The number of carbonyl (C=O) groups excluding carboxylic acids is 1. The first kappa shape index (κ1) is 28.3. The minimum absolute atomic E-state index is 0.0347. The minimum Gasteiger partial charge on any atom is -0.382 e. The molecule has 0 bridgehead atoms. The minimum atomic E-state index is -3.46. The number of pyridine rings is 1. The third kappa shape index (κ3) is 7.15. The van der Waals surface area contributed by atoms with Gasteiger partial charge < -0.3 is 21.3 Å². The maximum atomic E-state index is 13.4. The molecular weight excluding hydrogens is 488 g/mol. The predicted octanol–water partition coefficient (Wildman–Crippen LogP) is 5.28. The van der Waals surface area contributed by atoms with Crippen LogP contribution in [0.2, 0.25) is 0 Å². The molecule has 1 atom stereocenters. The SMILES string of the molecule is C/C=C\Nc1ccc(NC(=O)c2ccc(NS(=O)(=O)CC)cc2N2CCC(C)(C)C(CCC)C2)nc1N. The van der Waals surface area contributed by atoms with Gasteiger partial charge >= 0.3 is 0 Å². The molecule has 0 saturated carbocycles. The number of amides is 1. The summed E-state index contributed by atoms with van der Waals surface area (Å²) in [5.41, 5.74) is 8.47. The van der Waals surface area contributed by atoms with Crippen molar-refractivity contribution in [1.29, 1.82) is 0 Å². The number of sulfonamides is 1. The normalized spacial score (nSPS) is 17.5. The number of hydrogen-bond donors (Lipinski definition) is 4. The average molecular weight is 529 g/mol. The molecule has 5 N–H and O–H groups in total. The number of nitrogens with zero attached hydrogens (tertiary/aromatic N) is 2. The van der Waals surface area contributed by atoms with Gasteiger partial charge in [-0.25, -0.2) is 13.4 Å². The Morgan fingerprint density at radius 1 is 1.24 bits per heavy atom. The number of carbonyl (C=O) groups is 1. The third-order valence-electron chi connectivity index (χ3n) is 7.02. The van der Waals surface area contributed by atoms with Crippen molar-refractivity contribution in [3.8, 4) is 0 Å². The van der Waals surface area contributed by atoms with E-state index < -0.39 is 10.0 Å². The van der Waals surface area contributed by atoms with Gasteiger partial charge in [-0.15, -0.1) is 0 Å². The molecule has 202 valence electrons. The van der Waals surface area contributed by atoms with E-state index in [1.54, 1.807) is 43.5 Å². The molecule has 1 unspecified atom stereocenters. The zero-order valence-corrected chi connectivity index (χ0v) is 23.3. The number of rotatable bonds is 10. The van der Waals surface area contributed by atoms with Crippen LogP contribution in [0.5, 0.6) is 0 Å². The van der Waals surface area contributed by atoms with Crippen molar-refractivity contribution in [3.63, 3.8) is 0 Å². The standard InChI is InChI=1S/C27H40N6O3S/c1-6-9-19-18-33(16-14-27(19,4)5)23-17-20(32-37(35,36)8-3)10-11-21(23)26(34)31-24-13-12-22(25(28)30-24)29-15-7-2/h7,10-13,15,17,19,29,32H,6,8-9,14,16,18H2,1-5H3,(H3,28,30,31,34)/b15-7-. The molecule has 37 heavy (non-hydrogen) atoms. The fourth-order valence-corrected chi connectivity index (χ4v) is 5.24. The summed E-state index contributed by atoms with van der Waals surface area (Å²) < 4.78 is 27.1. The first-order chi connectivity index (χ1) is 17.5. The van der Waals surface area contributed by atoms with Crippen LogP contribution in [-0.4, -0.2) is 38.2 Å². The van der Waals surface area contributed by atoms with Crippen LogP contribution in [0.1, 0.15) is 64.2 Å². The Labute approximate surface area is 221 Å². The summed E-state index contributed by atoms with van der Waals surface area (Å²) in [5, 5.41) is 5.89. The summed E-state index contributed by atoms with van der Waals surface area (Å²) in [5.74, 6) is 0.683. The quantitative estimate of drug-likeness (QED) is 0.330. The highest BCUT2D eigenvalue weighted by Crippen LogP contribution is 2.41. The Morgan fingerprint density at radius 2 is 2.00 bits per heavy atom. The third-order valence-corrected chi connectivity index (χ3v) is 8.32. The van der Waals surface area contributed by atoms with Crippen LogP contribution >= 0.6 is 0 Å². The number of hydrogen-bond acceptors (Lipinski definition) is 7. The van der Waals surface area contributed by atoms with Gasteiger partial charge in [-0.05, 0) is 74.6 Å². The van der Waals surface area contributed by atoms with Gasteiger partial charge in [-0.1, -0.05) is 33.3 Å². The summed E-state index contributed by atoms with van der Waals surface area (Å²) in [7, 11) is -3.46. The molecule has 1 amide bonds. The second-order valence-electron chi connectivity index (χ2n) is 10.1. The smallest absolute Gasteiger partial charge is 0.258 e. The first-order valence-electron chi connectivity index (χ1n) is 12.8. The van der Waals surface area contributed by atoms with Gasteiger partial charge in [0, 0.05) is 13.1 Å². The second-order valence-corrected chi connectivity index (χ2v) is 12.1. The number of anilines is 5. The lowest BCUT2D eigenvalue weighted by molar-refractivity contribution is 0.102. The number of nitrogen functional groups attached to an aromatic ring is 1. The Kier molecular flexibility index (Phi) is 9.07. The van der Waals surface area contributed by atoms with E-state index >= 15 is 0 Å². The van der Waals surface area contributed by atoms with Crippen LogP contribution in [-0.2, 0) is 10.0 Å². The van der Waals surface area contributed by atoms with Gasteiger partial charge in [-0.2, -0.15) is 0 Å². The van der Waals surface area contributed by atoms with E-state index in [1.807, 2.05) is 13.0 Å². The highest BCUT2D eigenvalue weighted by atomic mass is 32.2. The maximum Gasteiger partial charge on any atom is 0.258 e. The largest absolute Gasteiger partial charge is 0.382 e. The van der Waals surface area contributed by atoms with Gasteiger partial charge in [0.2, 0.25) is 10.0 Å². The summed E-state index contributed by atoms with van der Waals surface area (Å²) in [6, 6.07) is 8.48. The Bertz CT molecular complexity index is 1240. The molecule has 1 saturated heterocycles. The maximum absolute atomic E-state index is 13.4. The lowest BCUT2D eigenvalue weighted by atomic mass is 9.71. The summed E-state index contributed by atoms with van der Waals surface area (Å²) in [6.07, 6.45) is 6.73. The Hall–Kier alpha value is -3.27. The van der Waals surface area contributed by atoms with E-state index in [-0.39, 0.29) is 22.9 Å². The van der Waals surface area contributed by atoms with Crippen molar-refractivity contribution in [2.24, 2.45) is 11.3 Å². The summed E-state index contributed by atoms with van der Waals surface area (Å²) >= 11 is 0. The van der Waals surface area contributed by atoms with E-state index in [4.69, 9.17) is 5.73 Å². The van der Waals surface area contributed by atoms with Gasteiger partial charge in [-0.3, -0.25) is 9.52 Å². The summed E-state index contributed by atoms with van der Waals surface area (Å²) in [4.78, 5) is 20.0. The highest BCUT2D eigenvalue weighted by Gasteiger charge is 2.36. The molecule has 2 aromatic rings. The number of nitrogens with two attached hydrogens (primary N) is 1. The fraction of sp³-hybridized carbons (Fsp3) is 0.481. The highest BCUT2D eigenvalue weighted by molar-refractivity contribution is 7.92. The van der Waals surface area contributed by atoms with Gasteiger partial charge in [0.25, 0.3) is 5.91 Å². The molecule has 1 fully saturated rings. The van der Waals surface area contributed by atoms with E-state index in [0.29, 0.717) is 34.4 Å². The van der Waals surface area contributed by atoms with E-state index in [1.165, 1.54) is 0 Å². The molecule has 0 radical (unpaired) electrons. The molecule has 0 aliphatic carbocycles. The molecule has 9 nitrogen and oxygen atoms in total. The zero-order chi connectivity index (χ0) is 27.2. The molecule has 10 heteroatoms. The van der Waals surface area contributed by atoms with Gasteiger partial charge in [0.15, 0.2) is 0 Å². The number of benzene rings is 1. The van der Waals surface area contributed by atoms with Crippen molar-refractivity contribution >= 4 is 44.6 Å². The average Bonchev–Trinajstić information content (AvgIpc) is 2.84. The van der Waals surface area contributed by atoms with Gasteiger partial charge in [0.1, 0.15) is 11.6 Å². The van der Waals surface area contributed by atoms with Crippen molar-refractivity contribution in [1.82, 2.24) is 4.98 Å². The summed E-state index contributed by atoms with van der Waals surface area (Å²) in [6.45, 7) is 11.8. The number of aromatic nitrogens is 1. The lowest BCUT2D eigenvalue weighted by Crippen LogP contribution is -2.45. The monoisotopic (exact) mass is 528 g/mol. The molecule has 3 rings (SSSR count). The van der Waals surface area contributed by atoms with Crippen molar-refractivity contribution in [2.45, 2.75) is 53.9 Å². The molecule has 1 aliphatic rings. The van der Waals surface area contributed by atoms with Crippen LogP contribution < -0.4 is 26.0 Å². The number of allylic oxidation sites excluding steroid dienone is 1. The predicted molar refractivity (Wildman–Crippen MR) is 154 cm³/mol. The van der Waals surface area contributed by atoms with Crippen molar-refractivity contribution in [3.05, 3.63) is 48.2 Å². The Balaban J connectivity index is 1.94. The fourth-order valence-electron chi connectivity index (χ4n) is 4.60. The Morgan fingerprint density at radius 3 is 2.65 bits per heavy atom. The van der Waals surface area contributed by atoms with E-state index in [9.17, 15) is 13.2 Å². The number of nitrogens with one attached hydrogen (secondary N) is 3. The van der Waals surface area contributed by atoms with E-state index in [2.05, 4.69) is 46.0 Å². The van der Waals surface area contributed by atoms with Crippen molar-refractivity contribution in [2.75, 3.05) is 44.8 Å². The van der Waals surface area contributed by atoms with Crippen molar-refractivity contribution < 1.29 is 13.2 Å². The van der Waals surface area contributed by atoms with Crippen LogP contribution in [0.3, 0.4) is 0 Å². The van der Waals surface area contributed by atoms with Crippen LogP contribution in [0.4, 0.5) is 28.7 Å². The van der Waals surface area contributed by atoms with E-state index in [0.717, 1.165) is 32.4 Å². The van der Waals surface area contributed by atoms with Gasteiger partial charge in [0.05, 0.1) is 28.4 Å². The first-order valence-corrected chi connectivity index (χ1v) is 14.5. The molecule has 1 aromatic carbocycles. The number of piperidine rings is 1. The van der Waals surface area contributed by atoms with Crippen LogP contribution in [0.25, 0.3) is 0 Å². The molecule has 1 aliphatic heterocycles. The lowest BCUT2D eigenvalue weighted by Gasteiger charge is -2.45. The topological polar surface area (TPSA) is 129 Å². The van der Waals surface area contributed by atoms with Crippen LogP contribution in [0, 0.1) is 11.3 Å². The molecule has 2 heterocycles.